The first-order valence-electron chi connectivity index (χ1n) is 5.21. The SMILES string of the molecule is CCNC(=S)N1CCCC1C(C)C. The molecule has 13 heavy (non-hydrogen) atoms. The van der Waals surface area contributed by atoms with E-state index in [9.17, 15) is 0 Å². The van der Waals surface area contributed by atoms with Gasteiger partial charge in [0.15, 0.2) is 5.11 Å². The summed E-state index contributed by atoms with van der Waals surface area (Å²) < 4.78 is 0. The van der Waals surface area contributed by atoms with Gasteiger partial charge in [-0.2, -0.15) is 0 Å². The van der Waals surface area contributed by atoms with E-state index in [0.29, 0.717) is 12.0 Å². The van der Waals surface area contributed by atoms with Crippen molar-refractivity contribution in [3.8, 4) is 0 Å². The first kappa shape index (κ1) is 10.8. The smallest absolute Gasteiger partial charge is 0.169 e. The number of hydrogen-bond acceptors (Lipinski definition) is 1. The van der Waals surface area contributed by atoms with Crippen LogP contribution in [0.4, 0.5) is 0 Å². The fraction of sp³-hybridized carbons (Fsp3) is 0.900. The molecule has 1 saturated heterocycles. The number of nitrogens with one attached hydrogen (secondary N) is 1. The standard InChI is InChI=1S/C10H20N2S/c1-4-11-10(13)12-7-5-6-9(12)8(2)3/h8-9H,4-7H2,1-3H3,(H,11,13). The first-order chi connectivity index (χ1) is 6.16. The summed E-state index contributed by atoms with van der Waals surface area (Å²) in [6.07, 6.45) is 2.58. The van der Waals surface area contributed by atoms with E-state index in [-0.39, 0.29) is 0 Å². The van der Waals surface area contributed by atoms with E-state index < -0.39 is 0 Å². The van der Waals surface area contributed by atoms with Crippen LogP contribution < -0.4 is 5.32 Å². The average Bonchev–Trinajstić information content (AvgIpc) is 2.52. The van der Waals surface area contributed by atoms with Gasteiger partial charge >= 0.3 is 0 Å². The highest BCUT2D eigenvalue weighted by molar-refractivity contribution is 7.80. The van der Waals surface area contributed by atoms with Gasteiger partial charge in [-0.25, -0.2) is 0 Å². The lowest BCUT2D eigenvalue weighted by Crippen LogP contribution is -2.44. The molecule has 76 valence electrons. The summed E-state index contributed by atoms with van der Waals surface area (Å²) in [5.74, 6) is 0.708. The van der Waals surface area contributed by atoms with Crippen LogP contribution in [0.3, 0.4) is 0 Å². The summed E-state index contributed by atoms with van der Waals surface area (Å²) in [4.78, 5) is 2.35. The lowest BCUT2D eigenvalue weighted by molar-refractivity contribution is 0.306. The summed E-state index contributed by atoms with van der Waals surface area (Å²) in [6, 6.07) is 0.659. The lowest BCUT2D eigenvalue weighted by Gasteiger charge is -2.29. The Balaban J connectivity index is 2.52. The zero-order chi connectivity index (χ0) is 9.84. The van der Waals surface area contributed by atoms with Crippen molar-refractivity contribution in [2.24, 2.45) is 5.92 Å². The van der Waals surface area contributed by atoms with Crippen molar-refractivity contribution < 1.29 is 0 Å². The van der Waals surface area contributed by atoms with Crippen molar-refractivity contribution in [1.29, 1.82) is 0 Å². The van der Waals surface area contributed by atoms with Crippen LogP contribution in [-0.2, 0) is 0 Å². The number of likely N-dealkylation sites (tertiary alicyclic amines) is 1. The highest BCUT2D eigenvalue weighted by Gasteiger charge is 2.28. The van der Waals surface area contributed by atoms with Gasteiger partial charge in [-0.05, 0) is 37.9 Å². The third-order valence-electron chi connectivity index (χ3n) is 2.66. The van der Waals surface area contributed by atoms with Crippen LogP contribution in [0.15, 0.2) is 0 Å². The number of nitrogens with zero attached hydrogens (tertiary/aromatic N) is 1. The molecule has 1 N–H and O–H groups in total. The van der Waals surface area contributed by atoms with Crippen LogP contribution in [0.5, 0.6) is 0 Å². The summed E-state index contributed by atoms with van der Waals surface area (Å²) >= 11 is 5.32. The van der Waals surface area contributed by atoms with E-state index in [1.54, 1.807) is 0 Å². The van der Waals surface area contributed by atoms with Gasteiger partial charge in [-0.3, -0.25) is 0 Å². The molecule has 1 atom stereocenters. The zero-order valence-electron chi connectivity index (χ0n) is 8.84. The van der Waals surface area contributed by atoms with Crippen molar-refractivity contribution in [3.63, 3.8) is 0 Å². The van der Waals surface area contributed by atoms with Crippen LogP contribution in [0, 0.1) is 5.92 Å². The molecule has 0 aromatic rings. The molecular weight excluding hydrogens is 180 g/mol. The average molecular weight is 200 g/mol. The van der Waals surface area contributed by atoms with Gasteiger partial charge in [0.05, 0.1) is 0 Å². The highest BCUT2D eigenvalue weighted by Crippen LogP contribution is 2.23. The van der Waals surface area contributed by atoms with Crippen LogP contribution in [0.2, 0.25) is 0 Å². The predicted molar refractivity (Wildman–Crippen MR) is 60.8 cm³/mol. The molecule has 0 radical (unpaired) electrons. The molecule has 1 heterocycles. The fourth-order valence-electron chi connectivity index (χ4n) is 1.99. The molecule has 1 aliphatic rings. The van der Waals surface area contributed by atoms with E-state index >= 15 is 0 Å². The molecule has 0 aromatic carbocycles. The van der Waals surface area contributed by atoms with Gasteiger partial charge in [-0.1, -0.05) is 13.8 Å². The van der Waals surface area contributed by atoms with E-state index in [2.05, 4.69) is 31.0 Å². The maximum Gasteiger partial charge on any atom is 0.169 e. The molecule has 0 spiro atoms. The molecule has 0 aromatic heterocycles. The molecule has 1 fully saturated rings. The van der Waals surface area contributed by atoms with Gasteiger partial charge in [0.2, 0.25) is 0 Å². The maximum atomic E-state index is 5.32. The van der Waals surface area contributed by atoms with Crippen LogP contribution in [0.1, 0.15) is 33.6 Å². The van der Waals surface area contributed by atoms with Crippen molar-refractivity contribution in [2.45, 2.75) is 39.7 Å². The normalized spacial score (nSPS) is 22.5. The Labute approximate surface area is 86.7 Å². The van der Waals surface area contributed by atoms with E-state index in [0.717, 1.165) is 18.2 Å². The summed E-state index contributed by atoms with van der Waals surface area (Å²) in [5.41, 5.74) is 0. The quantitative estimate of drug-likeness (QED) is 0.686. The van der Waals surface area contributed by atoms with Crippen molar-refractivity contribution in [2.75, 3.05) is 13.1 Å². The van der Waals surface area contributed by atoms with Crippen LogP contribution in [0.25, 0.3) is 0 Å². The Morgan fingerprint density at radius 2 is 2.31 bits per heavy atom. The Kier molecular flexibility index (Phi) is 3.97. The number of hydrogen-bond donors (Lipinski definition) is 1. The van der Waals surface area contributed by atoms with Crippen LogP contribution >= 0.6 is 12.2 Å². The van der Waals surface area contributed by atoms with Gasteiger partial charge in [0.1, 0.15) is 0 Å². The van der Waals surface area contributed by atoms with Crippen LogP contribution in [-0.4, -0.2) is 29.1 Å². The summed E-state index contributed by atoms with van der Waals surface area (Å²) in [7, 11) is 0. The largest absolute Gasteiger partial charge is 0.363 e. The van der Waals surface area contributed by atoms with Crippen molar-refractivity contribution in [3.05, 3.63) is 0 Å². The van der Waals surface area contributed by atoms with Gasteiger partial charge < -0.3 is 10.2 Å². The van der Waals surface area contributed by atoms with E-state index in [4.69, 9.17) is 12.2 Å². The minimum Gasteiger partial charge on any atom is -0.363 e. The summed E-state index contributed by atoms with van der Waals surface area (Å²) in [5, 5.41) is 4.17. The second-order valence-electron chi connectivity index (χ2n) is 3.98. The lowest BCUT2D eigenvalue weighted by atomic mass is 10.0. The zero-order valence-corrected chi connectivity index (χ0v) is 9.66. The molecule has 2 nitrogen and oxygen atoms in total. The van der Waals surface area contributed by atoms with Gasteiger partial charge in [-0.15, -0.1) is 0 Å². The molecule has 1 rings (SSSR count). The Hall–Kier alpha value is -0.310. The third kappa shape index (κ3) is 2.56. The molecule has 0 aliphatic carbocycles. The monoisotopic (exact) mass is 200 g/mol. The Morgan fingerprint density at radius 3 is 2.85 bits per heavy atom. The Morgan fingerprint density at radius 1 is 1.62 bits per heavy atom. The molecule has 1 unspecified atom stereocenters. The van der Waals surface area contributed by atoms with Gasteiger partial charge in [0, 0.05) is 19.1 Å². The van der Waals surface area contributed by atoms with Crippen molar-refractivity contribution in [1.82, 2.24) is 10.2 Å². The second-order valence-corrected chi connectivity index (χ2v) is 4.37. The number of rotatable bonds is 2. The molecule has 0 amide bonds. The maximum absolute atomic E-state index is 5.32. The van der Waals surface area contributed by atoms with E-state index in [1.165, 1.54) is 12.8 Å². The molecule has 0 bridgehead atoms. The minimum atomic E-state index is 0.659. The second kappa shape index (κ2) is 4.80. The molecule has 3 heteroatoms. The fourth-order valence-corrected chi connectivity index (χ4v) is 2.36. The molecule has 1 aliphatic heterocycles. The third-order valence-corrected chi connectivity index (χ3v) is 3.04. The minimum absolute atomic E-state index is 0.659. The molecule has 0 saturated carbocycles. The van der Waals surface area contributed by atoms with E-state index in [1.807, 2.05) is 0 Å². The topological polar surface area (TPSA) is 15.3 Å². The predicted octanol–water partition coefficient (Wildman–Crippen LogP) is 2.00. The summed E-state index contributed by atoms with van der Waals surface area (Å²) in [6.45, 7) is 8.71. The van der Waals surface area contributed by atoms with Crippen molar-refractivity contribution >= 4 is 17.3 Å². The first-order valence-corrected chi connectivity index (χ1v) is 5.62. The molecular formula is C10H20N2S. The number of thiocarbonyl (C=S) groups is 1. The van der Waals surface area contributed by atoms with Gasteiger partial charge in [0.25, 0.3) is 0 Å². The Bertz CT molecular complexity index is 180. The highest BCUT2D eigenvalue weighted by atomic mass is 32.1.